The Morgan fingerprint density at radius 3 is 2.05 bits per heavy atom. The highest BCUT2D eigenvalue weighted by Crippen LogP contribution is 2.39. The summed E-state index contributed by atoms with van der Waals surface area (Å²) >= 11 is 3.20. The Morgan fingerprint density at radius 1 is 0.892 bits per heavy atom. The monoisotopic (exact) mass is 555 g/mol. The lowest BCUT2D eigenvalue weighted by molar-refractivity contribution is 0.601. The first kappa shape index (κ1) is 27.4. The van der Waals surface area contributed by atoms with Gasteiger partial charge >= 0.3 is 5.69 Å². The standard InChI is InChI=1S/C28H33N3O3S3/c1-15-9-11-23(12-10-15)37(33,34)30-26-25-27(36-22(8)21(7)31(25)28(32)29-26)35-14-13-24-19(5)17(3)16(2)18(4)20(24)6/h9-12H,13-14H2,1-8H3,(H,29,30,32). The Balaban J connectivity index is 1.71. The Labute approximate surface area is 227 Å². The van der Waals surface area contributed by atoms with Crippen molar-refractivity contribution in [1.29, 1.82) is 0 Å². The maximum absolute atomic E-state index is 13.1. The van der Waals surface area contributed by atoms with Crippen LogP contribution in [0.3, 0.4) is 0 Å². The SMILES string of the molecule is Cc1ccc(S(=O)(=O)Nc2nc(=O)n3c(C)c(C)sc(SCCc4c(C)c(C)c(C)c(C)c4C)c2-3)cc1. The normalized spacial score (nSPS) is 11.9. The van der Waals surface area contributed by atoms with Gasteiger partial charge in [0.2, 0.25) is 0 Å². The first-order valence-electron chi connectivity index (χ1n) is 12.1. The summed E-state index contributed by atoms with van der Waals surface area (Å²) in [5, 5.41) is 0. The summed E-state index contributed by atoms with van der Waals surface area (Å²) in [4.78, 5) is 18.1. The minimum absolute atomic E-state index is 0.0711. The van der Waals surface area contributed by atoms with Gasteiger partial charge < -0.3 is 0 Å². The fourth-order valence-corrected chi connectivity index (χ4v) is 8.08. The van der Waals surface area contributed by atoms with E-state index >= 15 is 0 Å². The lowest BCUT2D eigenvalue weighted by atomic mass is 9.88. The zero-order valence-electron chi connectivity index (χ0n) is 22.6. The number of anilines is 1. The molecule has 0 saturated carbocycles. The molecule has 37 heavy (non-hydrogen) atoms. The molecule has 4 rings (SSSR count). The van der Waals surface area contributed by atoms with Crippen LogP contribution in [0, 0.1) is 55.4 Å². The van der Waals surface area contributed by atoms with Gasteiger partial charge in [-0.05, 0) is 107 Å². The molecule has 9 heteroatoms. The summed E-state index contributed by atoms with van der Waals surface area (Å²) in [7, 11) is -3.91. The van der Waals surface area contributed by atoms with Crippen molar-refractivity contribution in [3.63, 3.8) is 0 Å². The third kappa shape index (κ3) is 5.09. The first-order valence-corrected chi connectivity index (χ1v) is 15.4. The molecule has 0 saturated heterocycles. The number of benzene rings is 2. The van der Waals surface area contributed by atoms with Gasteiger partial charge in [0, 0.05) is 16.3 Å². The maximum Gasteiger partial charge on any atom is 0.354 e. The second kappa shape index (κ2) is 10.3. The van der Waals surface area contributed by atoms with Crippen LogP contribution >= 0.6 is 23.1 Å². The van der Waals surface area contributed by atoms with E-state index in [-0.39, 0.29) is 10.7 Å². The lowest BCUT2D eigenvalue weighted by Gasteiger charge is -2.19. The van der Waals surface area contributed by atoms with Gasteiger partial charge in [0.25, 0.3) is 10.0 Å². The Kier molecular flexibility index (Phi) is 7.61. The minimum Gasteiger partial charge on any atom is -0.261 e. The van der Waals surface area contributed by atoms with Gasteiger partial charge in [-0.1, -0.05) is 17.7 Å². The van der Waals surface area contributed by atoms with E-state index in [1.165, 1.54) is 37.9 Å². The molecule has 2 aliphatic heterocycles. The summed E-state index contributed by atoms with van der Waals surface area (Å²) < 4.78 is 31.2. The number of fused-ring (bicyclic) bond motifs is 1. The third-order valence-electron chi connectivity index (χ3n) is 7.43. The third-order valence-corrected chi connectivity index (χ3v) is 11.2. The van der Waals surface area contributed by atoms with Gasteiger partial charge in [0.15, 0.2) is 5.82 Å². The number of nitrogens with one attached hydrogen (secondary N) is 1. The fraction of sp³-hybridized carbons (Fsp3) is 0.357. The second-order valence-electron chi connectivity index (χ2n) is 9.58. The largest absolute Gasteiger partial charge is 0.354 e. The van der Waals surface area contributed by atoms with E-state index in [0.717, 1.165) is 32.5 Å². The molecule has 0 unspecified atom stereocenters. The fourth-order valence-electron chi connectivity index (χ4n) is 4.59. The van der Waals surface area contributed by atoms with Crippen LogP contribution in [0.1, 0.15) is 49.5 Å². The number of rotatable bonds is 7. The van der Waals surface area contributed by atoms with Crippen LogP contribution < -0.4 is 10.4 Å². The second-order valence-corrected chi connectivity index (χ2v) is 13.8. The number of thioether (sulfide) groups is 1. The molecule has 0 amide bonds. The molecule has 0 radical (unpaired) electrons. The van der Waals surface area contributed by atoms with Gasteiger partial charge in [0.1, 0.15) is 5.69 Å². The van der Waals surface area contributed by atoms with Crippen LogP contribution in [0.15, 0.2) is 38.2 Å². The molecular formula is C28H33N3O3S3. The van der Waals surface area contributed by atoms with Crippen LogP contribution in [0.25, 0.3) is 5.69 Å². The molecule has 2 aliphatic rings. The molecule has 2 aromatic carbocycles. The minimum atomic E-state index is -3.91. The highest BCUT2D eigenvalue weighted by molar-refractivity contribution is 8.01. The molecule has 0 bridgehead atoms. The van der Waals surface area contributed by atoms with Crippen molar-refractivity contribution < 1.29 is 8.42 Å². The van der Waals surface area contributed by atoms with Crippen molar-refractivity contribution in [1.82, 2.24) is 9.55 Å². The van der Waals surface area contributed by atoms with Crippen LogP contribution in [0.4, 0.5) is 5.82 Å². The van der Waals surface area contributed by atoms with E-state index in [9.17, 15) is 13.2 Å². The van der Waals surface area contributed by atoms with Gasteiger partial charge in [-0.15, -0.1) is 23.1 Å². The van der Waals surface area contributed by atoms with E-state index in [0.29, 0.717) is 5.69 Å². The molecule has 0 spiro atoms. The topological polar surface area (TPSA) is 81.1 Å². The van der Waals surface area contributed by atoms with Gasteiger partial charge in [0.05, 0.1) is 9.10 Å². The molecule has 0 aliphatic carbocycles. The van der Waals surface area contributed by atoms with Crippen LogP contribution in [0.5, 0.6) is 0 Å². The van der Waals surface area contributed by atoms with Crippen LogP contribution in [-0.2, 0) is 16.4 Å². The summed E-state index contributed by atoms with van der Waals surface area (Å²) in [5.74, 6) is 0.865. The predicted octanol–water partition coefficient (Wildman–Crippen LogP) is 6.33. The van der Waals surface area contributed by atoms with E-state index in [4.69, 9.17) is 0 Å². The van der Waals surface area contributed by atoms with Gasteiger partial charge in [-0.2, -0.15) is 4.98 Å². The van der Waals surface area contributed by atoms with E-state index in [1.807, 2.05) is 20.8 Å². The summed E-state index contributed by atoms with van der Waals surface area (Å²) in [6.07, 6.45) is 0.874. The van der Waals surface area contributed by atoms with Crippen molar-refractivity contribution in [2.24, 2.45) is 0 Å². The zero-order valence-corrected chi connectivity index (χ0v) is 25.0. The molecule has 0 atom stereocenters. The van der Waals surface area contributed by atoms with Crippen molar-refractivity contribution >= 4 is 38.9 Å². The van der Waals surface area contributed by atoms with E-state index < -0.39 is 15.7 Å². The maximum atomic E-state index is 13.1. The Hall–Kier alpha value is -2.62. The zero-order chi connectivity index (χ0) is 27.2. The first-order chi connectivity index (χ1) is 17.3. The highest BCUT2D eigenvalue weighted by Gasteiger charge is 2.27. The molecule has 0 fully saturated rings. The molecule has 2 aromatic rings. The number of aryl methyl sites for hydroxylation is 2. The van der Waals surface area contributed by atoms with Crippen LogP contribution in [0.2, 0.25) is 0 Å². The summed E-state index contributed by atoms with van der Waals surface area (Å²) in [6, 6.07) is 6.60. The van der Waals surface area contributed by atoms with Crippen molar-refractivity contribution in [2.45, 2.75) is 70.9 Å². The average Bonchev–Trinajstić information content (AvgIpc) is 3.17. The van der Waals surface area contributed by atoms with Gasteiger partial charge in [-0.3, -0.25) is 9.29 Å². The smallest absolute Gasteiger partial charge is 0.261 e. The molecular weight excluding hydrogens is 523 g/mol. The lowest BCUT2D eigenvalue weighted by Crippen LogP contribution is -2.17. The van der Waals surface area contributed by atoms with Crippen molar-refractivity contribution in [2.75, 3.05) is 10.5 Å². The number of sulfonamides is 1. The number of hydrogen-bond acceptors (Lipinski definition) is 6. The Bertz CT molecular complexity index is 1600. The summed E-state index contributed by atoms with van der Waals surface area (Å²) in [5.41, 5.74) is 9.78. The van der Waals surface area contributed by atoms with E-state index in [2.05, 4.69) is 44.3 Å². The number of nitrogens with zero attached hydrogens (tertiary/aromatic N) is 2. The molecule has 0 aromatic heterocycles. The average molecular weight is 556 g/mol. The molecule has 1 N–H and O–H groups in total. The quantitative estimate of drug-likeness (QED) is 0.269. The summed E-state index contributed by atoms with van der Waals surface area (Å²) in [6.45, 7) is 16.6. The highest BCUT2D eigenvalue weighted by atomic mass is 32.2. The van der Waals surface area contributed by atoms with Crippen LogP contribution in [-0.4, -0.2) is 23.7 Å². The number of aromatic nitrogens is 2. The van der Waals surface area contributed by atoms with Crippen molar-refractivity contribution in [3.8, 4) is 5.69 Å². The number of hydrogen-bond donors (Lipinski definition) is 1. The molecule has 196 valence electrons. The van der Waals surface area contributed by atoms with Crippen molar-refractivity contribution in [3.05, 3.63) is 84.3 Å². The Morgan fingerprint density at radius 2 is 1.46 bits per heavy atom. The van der Waals surface area contributed by atoms with Gasteiger partial charge in [-0.25, -0.2) is 13.2 Å². The number of imidazole rings is 1. The predicted molar refractivity (Wildman–Crippen MR) is 155 cm³/mol. The molecule has 2 heterocycles. The molecule has 6 nitrogen and oxygen atoms in total. The van der Waals surface area contributed by atoms with E-state index in [1.54, 1.807) is 47.4 Å².